The zero-order valence-electron chi connectivity index (χ0n) is 15.8. The van der Waals surface area contributed by atoms with Crippen LogP contribution in [0, 0.1) is 6.92 Å². The Morgan fingerprint density at radius 3 is 2.46 bits per heavy atom. The maximum Gasteiger partial charge on any atom is 0.191 e. The molecule has 26 heavy (non-hydrogen) atoms. The fraction of sp³-hybridized carbons (Fsp3) is 0.381. The first-order valence-electron chi connectivity index (χ1n) is 8.87. The van der Waals surface area contributed by atoms with E-state index in [0.29, 0.717) is 6.54 Å². The molecule has 0 aromatic heterocycles. The van der Waals surface area contributed by atoms with Gasteiger partial charge in [0.25, 0.3) is 0 Å². The molecule has 2 aromatic rings. The third-order valence-corrected chi connectivity index (χ3v) is 4.07. The third-order valence-electron chi connectivity index (χ3n) is 4.07. The first-order valence-corrected chi connectivity index (χ1v) is 8.87. The molecular formula is C21H30IN3O. The first-order chi connectivity index (χ1) is 12.0. The number of hydrogen-bond donors (Lipinski definition) is 3. The summed E-state index contributed by atoms with van der Waals surface area (Å²) < 4.78 is 0. The monoisotopic (exact) mass is 467 g/mol. The van der Waals surface area contributed by atoms with Gasteiger partial charge in [-0.25, -0.2) is 4.99 Å². The van der Waals surface area contributed by atoms with Crippen LogP contribution in [0.2, 0.25) is 0 Å². The van der Waals surface area contributed by atoms with Gasteiger partial charge in [-0.15, -0.1) is 24.0 Å². The molecule has 0 radical (unpaired) electrons. The van der Waals surface area contributed by atoms with Gasteiger partial charge in [0.1, 0.15) is 5.60 Å². The van der Waals surface area contributed by atoms with Gasteiger partial charge in [-0.1, -0.05) is 60.2 Å². The topological polar surface area (TPSA) is 56.7 Å². The zero-order chi connectivity index (χ0) is 18.1. The van der Waals surface area contributed by atoms with Crippen LogP contribution in [0.5, 0.6) is 0 Å². The molecule has 1 unspecified atom stereocenters. The Labute approximate surface area is 174 Å². The summed E-state index contributed by atoms with van der Waals surface area (Å²) in [7, 11) is 0. The molecule has 142 valence electrons. The van der Waals surface area contributed by atoms with E-state index < -0.39 is 5.60 Å². The minimum atomic E-state index is -0.986. The molecule has 2 rings (SSSR count). The Kier molecular flexibility index (Phi) is 9.65. The van der Waals surface area contributed by atoms with Crippen LogP contribution in [0.15, 0.2) is 59.6 Å². The molecular weight excluding hydrogens is 437 g/mol. The Bertz CT molecular complexity index is 687. The average Bonchev–Trinajstić information content (AvgIpc) is 2.60. The predicted octanol–water partition coefficient (Wildman–Crippen LogP) is 3.62. The van der Waals surface area contributed by atoms with Crippen LogP contribution in [0.25, 0.3) is 0 Å². The van der Waals surface area contributed by atoms with Gasteiger partial charge in [0.15, 0.2) is 5.96 Å². The molecule has 0 aliphatic rings. The van der Waals surface area contributed by atoms with Crippen molar-refractivity contribution < 1.29 is 5.11 Å². The molecule has 1 atom stereocenters. The number of guanidine groups is 1. The molecule has 0 bridgehead atoms. The zero-order valence-corrected chi connectivity index (χ0v) is 18.2. The highest BCUT2D eigenvalue weighted by atomic mass is 127. The van der Waals surface area contributed by atoms with Crippen molar-refractivity contribution in [3.05, 3.63) is 71.3 Å². The van der Waals surface area contributed by atoms with Gasteiger partial charge in [-0.05, 0) is 38.3 Å². The number of nitrogens with zero attached hydrogens (tertiary/aromatic N) is 1. The van der Waals surface area contributed by atoms with Crippen molar-refractivity contribution in [3.8, 4) is 0 Å². The molecule has 0 fully saturated rings. The standard InChI is InChI=1S/C21H29N3O.HI/c1-4-22-20(23-14-13-18-10-8-9-17(2)15-18)24-16-21(3,25)19-11-6-5-7-12-19;/h5-12,15,25H,4,13-14,16H2,1-3H3,(H2,22,23,24);1H. The number of aryl methyl sites for hydroxylation is 1. The molecule has 3 N–H and O–H groups in total. The Morgan fingerprint density at radius 1 is 1.08 bits per heavy atom. The van der Waals surface area contributed by atoms with E-state index in [4.69, 9.17) is 0 Å². The summed E-state index contributed by atoms with van der Waals surface area (Å²) in [5.74, 6) is 0.728. The van der Waals surface area contributed by atoms with Gasteiger partial charge < -0.3 is 15.7 Å². The van der Waals surface area contributed by atoms with E-state index in [1.54, 1.807) is 6.92 Å². The lowest BCUT2D eigenvalue weighted by Crippen LogP contribution is -2.39. The molecule has 0 amide bonds. The minimum absolute atomic E-state index is 0. The van der Waals surface area contributed by atoms with Crippen molar-refractivity contribution >= 4 is 29.9 Å². The van der Waals surface area contributed by atoms with E-state index >= 15 is 0 Å². The quantitative estimate of drug-likeness (QED) is 0.331. The van der Waals surface area contributed by atoms with Gasteiger partial charge in [0.05, 0.1) is 6.54 Å². The van der Waals surface area contributed by atoms with Crippen LogP contribution in [-0.2, 0) is 12.0 Å². The van der Waals surface area contributed by atoms with Crippen LogP contribution >= 0.6 is 24.0 Å². The third kappa shape index (κ3) is 7.33. The number of aliphatic hydroxyl groups is 1. The summed E-state index contributed by atoms with van der Waals surface area (Å²) in [6.45, 7) is 7.81. The largest absolute Gasteiger partial charge is 0.384 e. The van der Waals surface area contributed by atoms with Gasteiger partial charge in [0, 0.05) is 13.1 Å². The Morgan fingerprint density at radius 2 is 1.81 bits per heavy atom. The van der Waals surface area contributed by atoms with Crippen LogP contribution in [0.1, 0.15) is 30.5 Å². The summed E-state index contributed by atoms with van der Waals surface area (Å²) >= 11 is 0. The van der Waals surface area contributed by atoms with Gasteiger partial charge in [0.2, 0.25) is 0 Å². The van der Waals surface area contributed by atoms with Crippen molar-refractivity contribution in [2.24, 2.45) is 4.99 Å². The van der Waals surface area contributed by atoms with Crippen molar-refractivity contribution in [3.63, 3.8) is 0 Å². The predicted molar refractivity (Wildman–Crippen MR) is 120 cm³/mol. The molecule has 0 aliphatic heterocycles. The van der Waals surface area contributed by atoms with Gasteiger partial charge in [-0.2, -0.15) is 0 Å². The highest BCUT2D eigenvalue weighted by molar-refractivity contribution is 14.0. The highest BCUT2D eigenvalue weighted by Crippen LogP contribution is 2.20. The van der Waals surface area contributed by atoms with E-state index in [2.05, 4.69) is 46.8 Å². The lowest BCUT2D eigenvalue weighted by molar-refractivity contribution is 0.0672. The number of aliphatic imine (C=N–C) groups is 1. The van der Waals surface area contributed by atoms with Crippen LogP contribution in [-0.4, -0.2) is 30.7 Å². The smallest absolute Gasteiger partial charge is 0.191 e. The Balaban J connectivity index is 0.00000338. The summed E-state index contributed by atoms with van der Waals surface area (Å²) in [4.78, 5) is 4.55. The number of rotatable bonds is 7. The molecule has 5 heteroatoms. The summed E-state index contributed by atoms with van der Waals surface area (Å²) in [6.07, 6.45) is 0.932. The maximum atomic E-state index is 10.7. The minimum Gasteiger partial charge on any atom is -0.384 e. The SMILES string of the molecule is CCNC(=NCC(C)(O)c1ccccc1)NCCc1cccc(C)c1.I. The van der Waals surface area contributed by atoms with Crippen molar-refractivity contribution in [1.82, 2.24) is 10.6 Å². The van der Waals surface area contributed by atoms with Crippen LogP contribution in [0.3, 0.4) is 0 Å². The second kappa shape index (κ2) is 11.2. The van der Waals surface area contributed by atoms with Crippen molar-refractivity contribution in [1.29, 1.82) is 0 Å². The summed E-state index contributed by atoms with van der Waals surface area (Å²) in [6, 6.07) is 18.2. The molecule has 4 nitrogen and oxygen atoms in total. The molecule has 0 heterocycles. The van der Waals surface area contributed by atoms with Crippen LogP contribution in [0.4, 0.5) is 0 Å². The van der Waals surface area contributed by atoms with E-state index in [1.807, 2.05) is 37.3 Å². The lowest BCUT2D eigenvalue weighted by atomic mass is 9.96. The number of hydrogen-bond acceptors (Lipinski definition) is 2. The molecule has 0 saturated carbocycles. The number of halogens is 1. The number of nitrogens with one attached hydrogen (secondary N) is 2. The highest BCUT2D eigenvalue weighted by Gasteiger charge is 2.22. The fourth-order valence-corrected chi connectivity index (χ4v) is 2.66. The maximum absolute atomic E-state index is 10.7. The molecule has 0 saturated heterocycles. The lowest BCUT2D eigenvalue weighted by Gasteiger charge is -2.22. The van der Waals surface area contributed by atoms with E-state index in [0.717, 1.165) is 31.0 Å². The average molecular weight is 467 g/mol. The van der Waals surface area contributed by atoms with E-state index in [9.17, 15) is 5.11 Å². The second-order valence-corrected chi connectivity index (χ2v) is 6.50. The van der Waals surface area contributed by atoms with E-state index in [1.165, 1.54) is 11.1 Å². The summed E-state index contributed by atoms with van der Waals surface area (Å²) in [5.41, 5.74) is 2.46. The van der Waals surface area contributed by atoms with Gasteiger partial charge in [-0.3, -0.25) is 0 Å². The van der Waals surface area contributed by atoms with Crippen LogP contribution < -0.4 is 10.6 Å². The Hall–Kier alpha value is -1.60. The summed E-state index contributed by atoms with van der Waals surface area (Å²) in [5, 5.41) is 17.2. The molecule has 0 spiro atoms. The number of benzene rings is 2. The molecule has 0 aliphatic carbocycles. The van der Waals surface area contributed by atoms with Gasteiger partial charge >= 0.3 is 0 Å². The second-order valence-electron chi connectivity index (χ2n) is 6.50. The van der Waals surface area contributed by atoms with E-state index in [-0.39, 0.29) is 24.0 Å². The molecule has 2 aromatic carbocycles. The fourth-order valence-electron chi connectivity index (χ4n) is 2.66. The van der Waals surface area contributed by atoms with Crippen molar-refractivity contribution in [2.75, 3.05) is 19.6 Å². The normalized spacial score (nSPS) is 13.5. The first kappa shape index (κ1) is 22.4. The van der Waals surface area contributed by atoms with Crippen molar-refractivity contribution in [2.45, 2.75) is 32.8 Å².